The summed E-state index contributed by atoms with van der Waals surface area (Å²) in [4.78, 5) is 14.6. The Kier molecular flexibility index (Phi) is 4.63. The van der Waals surface area contributed by atoms with Crippen LogP contribution in [0.15, 0.2) is 24.4 Å². The molecule has 1 heterocycles. The van der Waals surface area contributed by atoms with Gasteiger partial charge in [-0.1, -0.05) is 0 Å². The molecule has 108 valence electrons. The lowest BCUT2D eigenvalue weighted by Gasteiger charge is -2.06. The molecule has 0 bridgehead atoms. The first-order chi connectivity index (χ1) is 9.60. The van der Waals surface area contributed by atoms with Gasteiger partial charge in [0.05, 0.1) is 19.6 Å². The van der Waals surface area contributed by atoms with Crippen molar-refractivity contribution < 1.29 is 14.6 Å². The van der Waals surface area contributed by atoms with Crippen molar-refractivity contribution in [2.24, 2.45) is 0 Å². The molecule has 1 atom stereocenters. The van der Waals surface area contributed by atoms with E-state index in [2.05, 4.69) is 10.3 Å². The molecule has 1 unspecified atom stereocenters. The summed E-state index contributed by atoms with van der Waals surface area (Å²) in [6.07, 6.45) is 2.22. The summed E-state index contributed by atoms with van der Waals surface area (Å²) >= 11 is 0. The molecule has 1 aromatic heterocycles. The largest absolute Gasteiger partial charge is 0.497 e. The van der Waals surface area contributed by atoms with Gasteiger partial charge in [0.2, 0.25) is 5.91 Å². The second kappa shape index (κ2) is 6.43. The van der Waals surface area contributed by atoms with Crippen LogP contribution in [-0.4, -0.2) is 35.8 Å². The highest BCUT2D eigenvalue weighted by Crippen LogP contribution is 2.23. The molecule has 0 radical (unpaired) electrons. The topological polar surface area (TPSA) is 74.3 Å². The van der Waals surface area contributed by atoms with Crippen molar-refractivity contribution in [3.63, 3.8) is 0 Å². The fraction of sp³-hybridized carbons (Fsp3) is 0.400. The van der Waals surface area contributed by atoms with Crippen LogP contribution in [0, 0.1) is 0 Å². The minimum absolute atomic E-state index is 0.127. The summed E-state index contributed by atoms with van der Waals surface area (Å²) in [6.45, 7) is 2.15. The number of aliphatic hydroxyl groups excluding tert-OH is 1. The number of fused-ring (bicyclic) bond motifs is 1. The van der Waals surface area contributed by atoms with E-state index < -0.39 is 6.10 Å². The predicted octanol–water partition coefficient (Wildman–Crippen LogP) is 1.61. The van der Waals surface area contributed by atoms with Gasteiger partial charge in [0.15, 0.2) is 0 Å². The molecule has 0 spiro atoms. The number of aliphatic hydroxyl groups is 1. The summed E-state index contributed by atoms with van der Waals surface area (Å²) < 4.78 is 5.22. The number of nitrogens with one attached hydrogen (secondary N) is 2. The summed E-state index contributed by atoms with van der Waals surface area (Å²) in [5, 5.41) is 13.0. The zero-order chi connectivity index (χ0) is 14.5. The number of carbonyl (C=O) groups excluding carboxylic acids is 1. The van der Waals surface area contributed by atoms with Gasteiger partial charge in [-0.25, -0.2) is 0 Å². The maximum Gasteiger partial charge on any atom is 0.222 e. The lowest BCUT2D eigenvalue weighted by molar-refractivity contribution is -0.122. The fourth-order valence-electron chi connectivity index (χ4n) is 2.17. The molecule has 1 aromatic carbocycles. The number of methoxy groups -OCH3 is 1. The number of rotatable bonds is 6. The van der Waals surface area contributed by atoms with E-state index in [9.17, 15) is 4.79 Å². The van der Waals surface area contributed by atoms with Gasteiger partial charge < -0.3 is 20.1 Å². The van der Waals surface area contributed by atoms with Gasteiger partial charge in [-0.2, -0.15) is 0 Å². The van der Waals surface area contributed by atoms with E-state index >= 15 is 0 Å². The molecule has 1 amide bonds. The molecule has 0 aliphatic rings. The molecule has 0 aliphatic heterocycles. The van der Waals surface area contributed by atoms with E-state index in [4.69, 9.17) is 9.84 Å². The van der Waals surface area contributed by atoms with E-state index in [0.29, 0.717) is 6.54 Å². The quantitative estimate of drug-likeness (QED) is 0.750. The van der Waals surface area contributed by atoms with Gasteiger partial charge in [0, 0.05) is 23.6 Å². The average molecular weight is 276 g/mol. The molecule has 5 nitrogen and oxygen atoms in total. The van der Waals surface area contributed by atoms with Gasteiger partial charge >= 0.3 is 0 Å². The van der Waals surface area contributed by atoms with Crippen LogP contribution in [0.2, 0.25) is 0 Å². The first-order valence-corrected chi connectivity index (χ1v) is 6.69. The molecular weight excluding hydrogens is 256 g/mol. The lowest BCUT2D eigenvalue weighted by atomic mass is 10.1. The molecule has 2 rings (SSSR count). The Labute approximate surface area is 117 Å². The molecule has 0 fully saturated rings. The average Bonchev–Trinajstić information content (AvgIpc) is 2.80. The minimum atomic E-state index is -0.604. The fourth-order valence-corrected chi connectivity index (χ4v) is 2.17. The number of hydrogen-bond acceptors (Lipinski definition) is 3. The minimum Gasteiger partial charge on any atom is -0.497 e. The Morgan fingerprint density at radius 1 is 1.50 bits per heavy atom. The highest BCUT2D eigenvalue weighted by atomic mass is 16.5. The number of aromatic amines is 1. The van der Waals surface area contributed by atoms with E-state index in [1.807, 2.05) is 24.4 Å². The SMILES string of the molecule is COc1ccc2[nH]cc(CCNC(=O)CC(C)O)c2c1. The van der Waals surface area contributed by atoms with Crippen molar-refractivity contribution >= 4 is 16.8 Å². The summed E-state index contributed by atoms with van der Waals surface area (Å²) in [5.41, 5.74) is 2.19. The second-order valence-electron chi connectivity index (χ2n) is 4.88. The Hall–Kier alpha value is -2.01. The Bertz CT molecular complexity index is 590. The summed E-state index contributed by atoms with van der Waals surface area (Å²) in [6, 6.07) is 5.87. The predicted molar refractivity (Wildman–Crippen MR) is 77.9 cm³/mol. The molecule has 0 saturated heterocycles. The van der Waals surface area contributed by atoms with Crippen LogP contribution < -0.4 is 10.1 Å². The zero-order valence-corrected chi connectivity index (χ0v) is 11.8. The monoisotopic (exact) mass is 276 g/mol. The van der Waals surface area contributed by atoms with Gasteiger partial charge in [-0.05, 0) is 37.1 Å². The maximum atomic E-state index is 11.4. The molecule has 3 N–H and O–H groups in total. The number of ether oxygens (including phenoxy) is 1. The summed E-state index contributed by atoms with van der Waals surface area (Å²) in [7, 11) is 1.64. The number of benzene rings is 1. The first kappa shape index (κ1) is 14.4. The van der Waals surface area contributed by atoms with Gasteiger partial charge in [-0.3, -0.25) is 4.79 Å². The van der Waals surface area contributed by atoms with Crippen molar-refractivity contribution in [3.8, 4) is 5.75 Å². The van der Waals surface area contributed by atoms with Crippen LogP contribution in [0.5, 0.6) is 5.75 Å². The van der Waals surface area contributed by atoms with Crippen molar-refractivity contribution in [2.75, 3.05) is 13.7 Å². The maximum absolute atomic E-state index is 11.4. The standard InChI is InChI=1S/C15H20N2O3/c1-10(18)7-15(19)16-6-5-11-9-17-14-4-3-12(20-2)8-13(11)14/h3-4,8-10,17-18H,5-7H2,1-2H3,(H,16,19). The van der Waals surface area contributed by atoms with Crippen molar-refractivity contribution in [1.29, 1.82) is 0 Å². The zero-order valence-electron chi connectivity index (χ0n) is 11.8. The van der Waals surface area contributed by atoms with Crippen LogP contribution >= 0.6 is 0 Å². The van der Waals surface area contributed by atoms with E-state index in [-0.39, 0.29) is 12.3 Å². The van der Waals surface area contributed by atoms with Crippen LogP contribution in [0.1, 0.15) is 18.9 Å². The van der Waals surface area contributed by atoms with Crippen LogP contribution in [0.3, 0.4) is 0 Å². The van der Waals surface area contributed by atoms with Crippen molar-refractivity contribution in [1.82, 2.24) is 10.3 Å². The normalized spacial score (nSPS) is 12.3. The highest BCUT2D eigenvalue weighted by molar-refractivity contribution is 5.84. The third kappa shape index (κ3) is 3.51. The molecule has 2 aromatic rings. The number of carbonyl (C=O) groups is 1. The number of aromatic nitrogens is 1. The van der Waals surface area contributed by atoms with Gasteiger partial charge in [0.1, 0.15) is 5.75 Å². The number of amides is 1. The molecule has 0 aliphatic carbocycles. The van der Waals surface area contributed by atoms with E-state index in [1.165, 1.54) is 0 Å². The Balaban J connectivity index is 1.98. The van der Waals surface area contributed by atoms with Crippen LogP contribution in [-0.2, 0) is 11.2 Å². The van der Waals surface area contributed by atoms with E-state index in [0.717, 1.165) is 28.6 Å². The van der Waals surface area contributed by atoms with E-state index in [1.54, 1.807) is 14.0 Å². The number of H-pyrrole nitrogens is 1. The highest BCUT2D eigenvalue weighted by Gasteiger charge is 2.07. The van der Waals surface area contributed by atoms with Crippen LogP contribution in [0.4, 0.5) is 0 Å². The third-order valence-corrected chi connectivity index (χ3v) is 3.17. The Morgan fingerprint density at radius 2 is 2.30 bits per heavy atom. The van der Waals surface area contributed by atoms with Crippen molar-refractivity contribution in [3.05, 3.63) is 30.0 Å². The first-order valence-electron chi connectivity index (χ1n) is 6.69. The lowest BCUT2D eigenvalue weighted by Crippen LogP contribution is -2.28. The summed E-state index contributed by atoms with van der Waals surface area (Å²) in [5.74, 6) is 0.689. The smallest absolute Gasteiger partial charge is 0.222 e. The van der Waals surface area contributed by atoms with Gasteiger partial charge in [-0.15, -0.1) is 0 Å². The van der Waals surface area contributed by atoms with Gasteiger partial charge in [0.25, 0.3) is 0 Å². The second-order valence-corrected chi connectivity index (χ2v) is 4.88. The molecular formula is C15H20N2O3. The molecule has 20 heavy (non-hydrogen) atoms. The molecule has 5 heteroatoms. The Morgan fingerprint density at radius 3 is 3.00 bits per heavy atom. The third-order valence-electron chi connectivity index (χ3n) is 3.17. The molecule has 0 saturated carbocycles. The number of hydrogen-bond donors (Lipinski definition) is 3. The van der Waals surface area contributed by atoms with Crippen molar-refractivity contribution in [2.45, 2.75) is 25.9 Å². The van der Waals surface area contributed by atoms with Crippen LogP contribution in [0.25, 0.3) is 10.9 Å².